The fourth-order valence-electron chi connectivity index (χ4n) is 1.54. The first-order valence-corrected chi connectivity index (χ1v) is 13.8. The van der Waals surface area contributed by atoms with Crippen molar-refractivity contribution in [1.29, 1.82) is 0 Å². The molecule has 0 N–H and O–H groups in total. The molecular formula is C24H45N3S3. The molecule has 3 aromatic rings. The summed E-state index contributed by atoms with van der Waals surface area (Å²) in [5.74, 6) is 1.82. The highest BCUT2D eigenvalue weighted by Crippen LogP contribution is 2.17. The van der Waals surface area contributed by atoms with Gasteiger partial charge in [-0.2, -0.15) is 0 Å². The first kappa shape index (κ1) is 33.5. The zero-order valence-corrected chi connectivity index (χ0v) is 23.7. The number of rotatable bonds is 3. The Labute approximate surface area is 199 Å². The van der Waals surface area contributed by atoms with E-state index in [0.717, 1.165) is 0 Å². The lowest BCUT2D eigenvalue weighted by molar-refractivity contribution is 0.833. The van der Waals surface area contributed by atoms with Crippen molar-refractivity contribution in [2.24, 2.45) is 0 Å². The molecule has 0 aliphatic carbocycles. The molecule has 0 spiro atoms. The molecule has 0 saturated carbocycles. The molecule has 3 rings (SSSR count). The van der Waals surface area contributed by atoms with Crippen LogP contribution < -0.4 is 0 Å². The van der Waals surface area contributed by atoms with Gasteiger partial charge in [0, 0.05) is 33.9 Å². The quantitative estimate of drug-likeness (QED) is 0.381. The maximum absolute atomic E-state index is 4.13. The van der Waals surface area contributed by atoms with Crippen LogP contribution in [0.25, 0.3) is 0 Å². The van der Waals surface area contributed by atoms with Gasteiger partial charge in [0.1, 0.15) is 0 Å². The van der Waals surface area contributed by atoms with E-state index in [4.69, 9.17) is 0 Å². The normalized spacial score (nSPS) is 8.90. The van der Waals surface area contributed by atoms with E-state index in [9.17, 15) is 0 Å². The minimum Gasteiger partial charge on any atom is -0.253 e. The van der Waals surface area contributed by atoms with Crippen molar-refractivity contribution in [1.82, 2.24) is 15.0 Å². The fraction of sp³-hybridized carbons (Fsp3) is 0.625. The lowest BCUT2D eigenvalue weighted by Gasteiger charge is -1.94. The average Bonchev–Trinajstić information content (AvgIpc) is 3.56. The van der Waals surface area contributed by atoms with Crippen LogP contribution in [0.5, 0.6) is 0 Å². The van der Waals surface area contributed by atoms with Gasteiger partial charge in [0.05, 0.1) is 21.7 Å². The predicted molar refractivity (Wildman–Crippen MR) is 143 cm³/mol. The molecule has 6 heteroatoms. The van der Waals surface area contributed by atoms with Crippen LogP contribution in [0, 0.1) is 0 Å². The van der Waals surface area contributed by atoms with E-state index in [2.05, 4.69) is 61.9 Å². The highest BCUT2D eigenvalue weighted by Gasteiger charge is 1.98. The number of nitrogens with zero attached hydrogens (tertiary/aromatic N) is 3. The molecule has 0 aromatic carbocycles. The average molecular weight is 472 g/mol. The molecule has 0 atom stereocenters. The topological polar surface area (TPSA) is 38.7 Å². The van der Waals surface area contributed by atoms with Gasteiger partial charge in [0.15, 0.2) is 0 Å². The standard InChI is InChI=1S/3C6H9NS.3C2H6/c1-5(2)6-3-8-4-7-6;1-5(2)6-3-7-4-8-6;1-5(2)6-7-3-4-8-6;3*1-2/h3*3-5H,1-2H3;3*1-2H3. The Balaban J connectivity index is -0.000000323. The Morgan fingerprint density at radius 2 is 1.30 bits per heavy atom. The molecule has 3 heterocycles. The van der Waals surface area contributed by atoms with Crippen LogP contribution in [0.1, 0.15) is 116 Å². The molecule has 0 saturated heterocycles. The van der Waals surface area contributed by atoms with Gasteiger partial charge in [-0.3, -0.25) is 4.98 Å². The maximum Gasteiger partial charge on any atom is 0.0950 e. The summed E-state index contributed by atoms with van der Waals surface area (Å²) < 4.78 is 0. The summed E-state index contributed by atoms with van der Waals surface area (Å²) in [5, 5.41) is 5.32. The first-order valence-electron chi connectivity index (χ1n) is 11.1. The van der Waals surface area contributed by atoms with Crippen LogP contribution in [0.4, 0.5) is 0 Å². The van der Waals surface area contributed by atoms with E-state index in [-0.39, 0.29) is 0 Å². The number of thiazole rings is 3. The molecule has 174 valence electrons. The lowest BCUT2D eigenvalue weighted by atomic mass is 10.2. The minimum atomic E-state index is 0.584. The molecule has 3 nitrogen and oxygen atoms in total. The van der Waals surface area contributed by atoms with Gasteiger partial charge in [-0.25, -0.2) is 9.97 Å². The highest BCUT2D eigenvalue weighted by atomic mass is 32.1. The molecule has 0 fully saturated rings. The zero-order valence-electron chi connectivity index (χ0n) is 21.3. The van der Waals surface area contributed by atoms with Crippen molar-refractivity contribution >= 4 is 34.0 Å². The van der Waals surface area contributed by atoms with Crippen LogP contribution >= 0.6 is 34.0 Å². The summed E-state index contributed by atoms with van der Waals surface area (Å²) in [5.41, 5.74) is 4.94. The molecule has 30 heavy (non-hydrogen) atoms. The van der Waals surface area contributed by atoms with Crippen LogP contribution in [-0.4, -0.2) is 15.0 Å². The Kier molecular flexibility index (Phi) is 27.0. The Bertz CT molecular complexity index is 524. The second-order valence-electron chi connectivity index (χ2n) is 6.15. The SMILES string of the molecule is CC.CC.CC.CC(C)c1cncs1.CC(C)c1cscn1.CC(C)c1nccs1. The fourth-order valence-corrected chi connectivity index (χ4v) is 3.55. The number of hydrogen-bond acceptors (Lipinski definition) is 6. The molecule has 0 radical (unpaired) electrons. The van der Waals surface area contributed by atoms with Crippen LogP contribution in [0.3, 0.4) is 0 Å². The van der Waals surface area contributed by atoms with Crippen molar-refractivity contribution in [3.05, 3.63) is 49.8 Å². The van der Waals surface area contributed by atoms with E-state index in [0.29, 0.717) is 17.8 Å². The lowest BCUT2D eigenvalue weighted by Crippen LogP contribution is -1.83. The third-order valence-corrected chi connectivity index (χ3v) is 5.77. The predicted octanol–water partition coefficient (Wildman–Crippen LogP) is 9.88. The van der Waals surface area contributed by atoms with Gasteiger partial charge >= 0.3 is 0 Å². The Hall–Kier alpha value is -1.11. The molecule has 0 bridgehead atoms. The first-order chi connectivity index (χ1) is 14.4. The van der Waals surface area contributed by atoms with Gasteiger partial charge in [0.25, 0.3) is 0 Å². The van der Waals surface area contributed by atoms with Gasteiger partial charge in [-0.1, -0.05) is 83.1 Å². The Morgan fingerprint density at radius 3 is 1.50 bits per heavy atom. The van der Waals surface area contributed by atoms with E-state index in [1.807, 2.05) is 70.3 Å². The summed E-state index contributed by atoms with van der Waals surface area (Å²) in [7, 11) is 0. The highest BCUT2D eigenvalue weighted by molar-refractivity contribution is 7.09. The summed E-state index contributed by atoms with van der Waals surface area (Å²) in [6.45, 7) is 24.9. The van der Waals surface area contributed by atoms with Crippen molar-refractivity contribution < 1.29 is 0 Å². The largest absolute Gasteiger partial charge is 0.253 e. The summed E-state index contributed by atoms with van der Waals surface area (Å²) >= 11 is 5.10. The van der Waals surface area contributed by atoms with Crippen molar-refractivity contribution in [2.45, 2.75) is 101 Å². The molecule has 3 aromatic heterocycles. The van der Waals surface area contributed by atoms with Crippen molar-refractivity contribution in [2.75, 3.05) is 0 Å². The number of aromatic nitrogens is 3. The van der Waals surface area contributed by atoms with Gasteiger partial charge in [0.2, 0.25) is 0 Å². The summed E-state index contributed by atoms with van der Waals surface area (Å²) in [6.07, 6.45) is 3.77. The van der Waals surface area contributed by atoms with Gasteiger partial charge < -0.3 is 0 Å². The second kappa shape index (κ2) is 24.2. The monoisotopic (exact) mass is 471 g/mol. The minimum absolute atomic E-state index is 0.584. The van der Waals surface area contributed by atoms with E-state index in [1.54, 1.807) is 34.0 Å². The van der Waals surface area contributed by atoms with Crippen LogP contribution in [0.2, 0.25) is 0 Å². The van der Waals surface area contributed by atoms with Crippen molar-refractivity contribution in [3.63, 3.8) is 0 Å². The van der Waals surface area contributed by atoms with E-state index < -0.39 is 0 Å². The zero-order chi connectivity index (χ0) is 23.9. The molecule has 0 amide bonds. The molecule has 0 aliphatic heterocycles. The van der Waals surface area contributed by atoms with Crippen LogP contribution in [0.15, 0.2) is 34.2 Å². The smallest absolute Gasteiger partial charge is 0.0950 e. The number of hydrogen-bond donors (Lipinski definition) is 0. The second-order valence-corrected chi connectivity index (χ2v) is 8.71. The third-order valence-electron chi connectivity index (χ3n) is 3.01. The van der Waals surface area contributed by atoms with E-state index >= 15 is 0 Å². The Morgan fingerprint density at radius 1 is 0.700 bits per heavy atom. The molecule has 0 aliphatic rings. The van der Waals surface area contributed by atoms with Gasteiger partial charge in [-0.15, -0.1) is 34.0 Å². The molecule has 0 unspecified atom stereocenters. The van der Waals surface area contributed by atoms with E-state index in [1.165, 1.54) is 15.6 Å². The maximum atomic E-state index is 4.13. The van der Waals surface area contributed by atoms with Gasteiger partial charge in [-0.05, 0) is 11.8 Å². The van der Waals surface area contributed by atoms with Crippen molar-refractivity contribution in [3.8, 4) is 0 Å². The third kappa shape index (κ3) is 17.7. The summed E-state index contributed by atoms with van der Waals surface area (Å²) in [6, 6.07) is 0. The van der Waals surface area contributed by atoms with Crippen LogP contribution in [-0.2, 0) is 0 Å². The summed E-state index contributed by atoms with van der Waals surface area (Å²) in [4.78, 5) is 13.6. The molecular weight excluding hydrogens is 426 g/mol.